The van der Waals surface area contributed by atoms with Crippen molar-refractivity contribution in [1.82, 2.24) is 20.4 Å². The summed E-state index contributed by atoms with van der Waals surface area (Å²) in [5, 5.41) is 6.87. The fraction of sp³-hybridized carbons (Fsp3) is 0.905. The summed E-state index contributed by atoms with van der Waals surface area (Å²) in [5.74, 6) is 1.87. The zero-order chi connectivity index (χ0) is 19.9. The Morgan fingerprint density at radius 3 is 2.50 bits per heavy atom. The van der Waals surface area contributed by atoms with E-state index in [2.05, 4.69) is 36.3 Å². The zero-order valence-corrected chi connectivity index (χ0v) is 20.9. The van der Waals surface area contributed by atoms with Crippen molar-refractivity contribution in [1.29, 1.82) is 0 Å². The number of nitrogens with one attached hydrogen (secondary N) is 2. The SMILES string of the molecule is CCNC(=NCC1(C(=O)N(C)C)CCCC1)NCC(C)N1CCCC(C)C1.I. The lowest BCUT2D eigenvalue weighted by Crippen LogP contribution is -2.49. The average molecular weight is 508 g/mol. The second kappa shape index (κ2) is 12.2. The molecule has 2 fully saturated rings. The van der Waals surface area contributed by atoms with Crippen LogP contribution >= 0.6 is 24.0 Å². The lowest BCUT2D eigenvalue weighted by molar-refractivity contribution is -0.138. The smallest absolute Gasteiger partial charge is 0.230 e. The summed E-state index contributed by atoms with van der Waals surface area (Å²) in [7, 11) is 3.72. The molecule has 1 aliphatic carbocycles. The van der Waals surface area contributed by atoms with E-state index in [1.54, 1.807) is 4.90 Å². The molecule has 0 aromatic heterocycles. The number of hydrogen-bond donors (Lipinski definition) is 2. The second-order valence-corrected chi connectivity index (χ2v) is 8.85. The summed E-state index contributed by atoms with van der Waals surface area (Å²) in [6, 6.07) is 0.487. The molecule has 0 bridgehead atoms. The standard InChI is InChI=1S/C21H41N5O.HI/c1-6-22-20(23-14-18(3)26-13-9-10-17(2)15-26)24-16-21(11-7-8-12-21)19(27)25(4)5;/h17-18H,6-16H2,1-5H3,(H2,22,23,24);1H. The van der Waals surface area contributed by atoms with E-state index in [1.807, 2.05) is 14.1 Å². The van der Waals surface area contributed by atoms with Crippen molar-refractivity contribution >= 4 is 35.8 Å². The maximum atomic E-state index is 12.7. The highest BCUT2D eigenvalue weighted by molar-refractivity contribution is 14.0. The number of hydrogen-bond acceptors (Lipinski definition) is 3. The minimum atomic E-state index is -0.306. The third-order valence-electron chi connectivity index (χ3n) is 6.18. The van der Waals surface area contributed by atoms with Crippen LogP contribution in [0.25, 0.3) is 0 Å². The maximum absolute atomic E-state index is 12.7. The van der Waals surface area contributed by atoms with Gasteiger partial charge in [-0.25, -0.2) is 0 Å². The Bertz CT molecular complexity index is 505. The lowest BCUT2D eigenvalue weighted by atomic mass is 9.85. The van der Waals surface area contributed by atoms with Crippen molar-refractivity contribution in [3.8, 4) is 0 Å². The summed E-state index contributed by atoms with van der Waals surface area (Å²) in [4.78, 5) is 21.9. The molecular weight excluding hydrogens is 465 g/mol. The molecule has 0 radical (unpaired) electrons. The fourth-order valence-electron chi connectivity index (χ4n) is 4.54. The van der Waals surface area contributed by atoms with E-state index < -0.39 is 0 Å². The van der Waals surface area contributed by atoms with Gasteiger partial charge in [0.25, 0.3) is 0 Å². The molecule has 1 saturated heterocycles. The van der Waals surface area contributed by atoms with Crippen molar-refractivity contribution in [3.05, 3.63) is 0 Å². The van der Waals surface area contributed by atoms with Crippen LogP contribution in [0.15, 0.2) is 4.99 Å². The first-order valence-corrected chi connectivity index (χ1v) is 10.9. The topological polar surface area (TPSA) is 60.0 Å². The molecule has 1 aliphatic heterocycles. The van der Waals surface area contributed by atoms with Gasteiger partial charge in [-0.15, -0.1) is 24.0 Å². The van der Waals surface area contributed by atoms with Crippen LogP contribution in [0.3, 0.4) is 0 Å². The molecule has 28 heavy (non-hydrogen) atoms. The number of halogens is 1. The number of rotatable bonds is 7. The molecule has 2 N–H and O–H groups in total. The van der Waals surface area contributed by atoms with Gasteiger partial charge in [0.15, 0.2) is 5.96 Å². The van der Waals surface area contributed by atoms with Gasteiger partial charge in [0, 0.05) is 39.8 Å². The number of carbonyl (C=O) groups is 1. The quantitative estimate of drug-likeness (QED) is 0.316. The van der Waals surface area contributed by atoms with Gasteiger partial charge in [0.2, 0.25) is 5.91 Å². The van der Waals surface area contributed by atoms with Crippen molar-refractivity contribution in [2.75, 3.05) is 46.8 Å². The second-order valence-electron chi connectivity index (χ2n) is 8.85. The number of nitrogens with zero attached hydrogens (tertiary/aromatic N) is 3. The summed E-state index contributed by atoms with van der Waals surface area (Å²) >= 11 is 0. The first kappa shape index (κ1) is 25.5. The number of piperidine rings is 1. The predicted octanol–water partition coefficient (Wildman–Crippen LogP) is 2.93. The Balaban J connectivity index is 0.00000392. The van der Waals surface area contributed by atoms with E-state index in [0.717, 1.165) is 50.7 Å². The van der Waals surface area contributed by atoms with Crippen LogP contribution in [0.5, 0.6) is 0 Å². The van der Waals surface area contributed by atoms with Gasteiger partial charge in [-0.1, -0.05) is 19.8 Å². The fourth-order valence-corrected chi connectivity index (χ4v) is 4.54. The van der Waals surface area contributed by atoms with Crippen LogP contribution < -0.4 is 10.6 Å². The largest absolute Gasteiger partial charge is 0.357 e. The van der Waals surface area contributed by atoms with Crippen molar-refractivity contribution in [2.24, 2.45) is 16.3 Å². The summed E-state index contributed by atoms with van der Waals surface area (Å²) < 4.78 is 0. The molecule has 2 atom stereocenters. The number of carbonyl (C=O) groups excluding carboxylic acids is 1. The molecule has 0 aromatic rings. The molecule has 2 aliphatic rings. The normalized spacial score (nSPS) is 23.6. The van der Waals surface area contributed by atoms with Crippen LogP contribution in [0.4, 0.5) is 0 Å². The zero-order valence-electron chi connectivity index (χ0n) is 18.6. The first-order chi connectivity index (χ1) is 12.9. The third kappa shape index (κ3) is 7.04. The van der Waals surface area contributed by atoms with Gasteiger partial charge >= 0.3 is 0 Å². The van der Waals surface area contributed by atoms with Gasteiger partial charge in [0.05, 0.1) is 12.0 Å². The Kier molecular flexibility index (Phi) is 11.1. The first-order valence-electron chi connectivity index (χ1n) is 10.9. The van der Waals surface area contributed by atoms with Crippen molar-refractivity contribution in [3.63, 3.8) is 0 Å². The average Bonchev–Trinajstić information content (AvgIpc) is 3.13. The van der Waals surface area contributed by atoms with Crippen LogP contribution in [0.1, 0.15) is 59.3 Å². The highest BCUT2D eigenvalue weighted by Gasteiger charge is 2.42. The Hall–Kier alpha value is -0.570. The van der Waals surface area contributed by atoms with Gasteiger partial charge in [-0.05, 0) is 52.0 Å². The van der Waals surface area contributed by atoms with Gasteiger partial charge in [-0.2, -0.15) is 0 Å². The Labute approximate surface area is 189 Å². The lowest BCUT2D eigenvalue weighted by Gasteiger charge is -2.36. The molecule has 7 heteroatoms. The van der Waals surface area contributed by atoms with E-state index in [4.69, 9.17) is 4.99 Å². The highest BCUT2D eigenvalue weighted by atomic mass is 127. The molecule has 0 aromatic carbocycles. The third-order valence-corrected chi connectivity index (χ3v) is 6.18. The van der Waals surface area contributed by atoms with Crippen molar-refractivity contribution < 1.29 is 4.79 Å². The molecule has 1 heterocycles. The minimum absolute atomic E-state index is 0. The van der Waals surface area contributed by atoms with E-state index in [9.17, 15) is 4.79 Å². The number of amides is 1. The number of aliphatic imine (C=N–C) groups is 1. The Morgan fingerprint density at radius 1 is 1.25 bits per heavy atom. The number of likely N-dealkylation sites (tertiary alicyclic amines) is 1. The molecular formula is C21H42IN5O. The van der Waals surface area contributed by atoms with Crippen LogP contribution in [0, 0.1) is 11.3 Å². The van der Waals surface area contributed by atoms with E-state index >= 15 is 0 Å². The molecule has 6 nitrogen and oxygen atoms in total. The van der Waals surface area contributed by atoms with Crippen LogP contribution in [-0.4, -0.2) is 74.5 Å². The summed E-state index contributed by atoms with van der Waals surface area (Å²) in [6.07, 6.45) is 6.81. The summed E-state index contributed by atoms with van der Waals surface area (Å²) in [6.45, 7) is 11.4. The summed E-state index contributed by atoms with van der Waals surface area (Å²) in [5.41, 5.74) is -0.306. The van der Waals surface area contributed by atoms with Crippen LogP contribution in [0.2, 0.25) is 0 Å². The Morgan fingerprint density at radius 2 is 1.93 bits per heavy atom. The molecule has 2 unspecified atom stereocenters. The van der Waals surface area contributed by atoms with Gasteiger partial charge in [-0.3, -0.25) is 14.7 Å². The molecule has 0 spiro atoms. The van der Waals surface area contributed by atoms with Crippen molar-refractivity contribution in [2.45, 2.75) is 65.3 Å². The monoisotopic (exact) mass is 507 g/mol. The van der Waals surface area contributed by atoms with E-state index in [0.29, 0.717) is 12.6 Å². The van der Waals surface area contributed by atoms with E-state index in [1.165, 1.54) is 25.9 Å². The molecule has 2 rings (SSSR count). The number of guanidine groups is 1. The van der Waals surface area contributed by atoms with Gasteiger partial charge < -0.3 is 15.5 Å². The highest BCUT2D eigenvalue weighted by Crippen LogP contribution is 2.39. The van der Waals surface area contributed by atoms with Crippen LogP contribution in [-0.2, 0) is 4.79 Å². The minimum Gasteiger partial charge on any atom is -0.357 e. The molecule has 164 valence electrons. The maximum Gasteiger partial charge on any atom is 0.230 e. The van der Waals surface area contributed by atoms with E-state index in [-0.39, 0.29) is 35.3 Å². The molecule has 1 saturated carbocycles. The predicted molar refractivity (Wildman–Crippen MR) is 128 cm³/mol. The molecule has 1 amide bonds. The van der Waals surface area contributed by atoms with Gasteiger partial charge in [0.1, 0.15) is 0 Å².